The Balaban J connectivity index is 2.44. The van der Waals surface area contributed by atoms with Crippen molar-refractivity contribution in [2.75, 3.05) is 0 Å². The molecule has 0 radical (unpaired) electrons. The first-order valence-electron chi connectivity index (χ1n) is 5.02. The molecule has 1 aromatic heterocycles. The van der Waals surface area contributed by atoms with E-state index in [0.29, 0.717) is 0 Å². The molecular weight excluding hydrogens is 258 g/mol. The van der Waals surface area contributed by atoms with Gasteiger partial charge in [0.25, 0.3) is 0 Å². The van der Waals surface area contributed by atoms with Crippen LogP contribution in [0.4, 0.5) is 0 Å². The number of nitrogens with one attached hydrogen (secondary N) is 1. The van der Waals surface area contributed by atoms with Gasteiger partial charge in [0.15, 0.2) is 0 Å². The summed E-state index contributed by atoms with van der Waals surface area (Å²) in [7, 11) is 0. The zero-order valence-electron chi connectivity index (χ0n) is 9.06. The molecule has 0 fully saturated rings. The van der Waals surface area contributed by atoms with Crippen LogP contribution in [-0.4, -0.2) is 5.54 Å². The fraction of sp³-hybridized carbons (Fsp3) is 0.636. The molecule has 0 aliphatic rings. The van der Waals surface area contributed by atoms with Gasteiger partial charge in [0.2, 0.25) is 0 Å². The second-order valence-electron chi connectivity index (χ2n) is 4.18. The Labute approximate surface area is 99.0 Å². The van der Waals surface area contributed by atoms with Crippen LogP contribution < -0.4 is 5.32 Å². The van der Waals surface area contributed by atoms with Crippen LogP contribution in [0.3, 0.4) is 0 Å². The molecule has 1 N–H and O–H groups in total. The van der Waals surface area contributed by atoms with Gasteiger partial charge < -0.3 is 5.32 Å². The summed E-state index contributed by atoms with van der Waals surface area (Å²) in [5.41, 5.74) is 0.248. The maximum absolute atomic E-state index is 3.58. The molecule has 0 saturated carbocycles. The molecule has 0 amide bonds. The molecule has 0 bridgehead atoms. The van der Waals surface area contributed by atoms with E-state index in [4.69, 9.17) is 0 Å². The summed E-state index contributed by atoms with van der Waals surface area (Å²) in [5, 5.41) is 5.70. The van der Waals surface area contributed by atoms with Crippen molar-refractivity contribution in [2.45, 2.75) is 45.7 Å². The maximum atomic E-state index is 3.58. The molecule has 80 valence electrons. The van der Waals surface area contributed by atoms with E-state index in [-0.39, 0.29) is 5.54 Å². The maximum Gasteiger partial charge on any atom is 0.0327 e. The summed E-state index contributed by atoms with van der Waals surface area (Å²) in [6.07, 6.45) is 2.45. The molecule has 0 atom stereocenters. The molecule has 0 saturated heterocycles. The van der Waals surface area contributed by atoms with E-state index in [1.807, 2.05) is 0 Å². The summed E-state index contributed by atoms with van der Waals surface area (Å²) in [6.45, 7) is 7.71. The minimum absolute atomic E-state index is 0.248. The number of hydrogen-bond acceptors (Lipinski definition) is 2. The van der Waals surface area contributed by atoms with Crippen LogP contribution in [0.2, 0.25) is 0 Å². The van der Waals surface area contributed by atoms with Crippen LogP contribution >= 0.6 is 27.3 Å². The average molecular weight is 276 g/mol. The Morgan fingerprint density at radius 3 is 2.71 bits per heavy atom. The SMILES string of the molecule is CCCC(C)(C)NCc1sccc1Br. The van der Waals surface area contributed by atoms with Crippen LogP contribution in [0.1, 0.15) is 38.5 Å². The lowest BCUT2D eigenvalue weighted by Gasteiger charge is -2.25. The highest BCUT2D eigenvalue weighted by atomic mass is 79.9. The lowest BCUT2D eigenvalue weighted by Crippen LogP contribution is -2.38. The highest BCUT2D eigenvalue weighted by molar-refractivity contribution is 9.10. The van der Waals surface area contributed by atoms with E-state index in [9.17, 15) is 0 Å². The first kappa shape index (κ1) is 12.2. The summed E-state index contributed by atoms with van der Waals surface area (Å²) < 4.78 is 1.22. The Hall–Kier alpha value is 0.140. The molecule has 0 aromatic carbocycles. The van der Waals surface area contributed by atoms with E-state index >= 15 is 0 Å². The summed E-state index contributed by atoms with van der Waals surface area (Å²) in [5.74, 6) is 0. The quantitative estimate of drug-likeness (QED) is 0.850. The van der Waals surface area contributed by atoms with Crippen molar-refractivity contribution in [3.63, 3.8) is 0 Å². The van der Waals surface area contributed by atoms with Crippen molar-refractivity contribution in [3.8, 4) is 0 Å². The van der Waals surface area contributed by atoms with Crippen molar-refractivity contribution in [1.29, 1.82) is 0 Å². The van der Waals surface area contributed by atoms with Crippen LogP contribution in [0, 0.1) is 0 Å². The third-order valence-corrected chi connectivity index (χ3v) is 4.22. The zero-order valence-corrected chi connectivity index (χ0v) is 11.5. The highest BCUT2D eigenvalue weighted by Gasteiger charge is 2.15. The highest BCUT2D eigenvalue weighted by Crippen LogP contribution is 2.23. The minimum Gasteiger partial charge on any atom is -0.307 e. The molecule has 1 aromatic rings. The number of rotatable bonds is 5. The Kier molecular flexibility index (Phi) is 4.61. The van der Waals surface area contributed by atoms with Crippen molar-refractivity contribution >= 4 is 27.3 Å². The van der Waals surface area contributed by atoms with E-state index in [1.54, 1.807) is 11.3 Å². The predicted octanol–water partition coefficient (Wildman–Crippen LogP) is 4.18. The predicted molar refractivity (Wildman–Crippen MR) is 67.8 cm³/mol. The zero-order chi connectivity index (χ0) is 10.6. The van der Waals surface area contributed by atoms with Crippen LogP contribution in [0.25, 0.3) is 0 Å². The van der Waals surface area contributed by atoms with Crippen molar-refractivity contribution in [3.05, 3.63) is 20.8 Å². The van der Waals surface area contributed by atoms with Gasteiger partial charge in [0.1, 0.15) is 0 Å². The molecule has 14 heavy (non-hydrogen) atoms. The molecule has 1 nitrogen and oxygen atoms in total. The Morgan fingerprint density at radius 2 is 2.21 bits per heavy atom. The number of thiophene rings is 1. The van der Waals surface area contributed by atoms with E-state index < -0.39 is 0 Å². The molecule has 0 aliphatic carbocycles. The standard InChI is InChI=1S/C11H18BrNS/c1-4-6-11(2,3)13-8-10-9(12)5-7-14-10/h5,7,13H,4,6,8H2,1-3H3. The van der Waals surface area contributed by atoms with Gasteiger partial charge in [0.05, 0.1) is 0 Å². The van der Waals surface area contributed by atoms with Crippen molar-refractivity contribution in [1.82, 2.24) is 5.32 Å². The smallest absolute Gasteiger partial charge is 0.0327 e. The molecule has 1 heterocycles. The fourth-order valence-electron chi connectivity index (χ4n) is 1.48. The van der Waals surface area contributed by atoms with Gasteiger partial charge in [-0.15, -0.1) is 11.3 Å². The molecule has 0 unspecified atom stereocenters. The van der Waals surface area contributed by atoms with Crippen LogP contribution in [-0.2, 0) is 6.54 Å². The molecular formula is C11H18BrNS. The molecule has 0 spiro atoms. The fourth-order valence-corrected chi connectivity index (χ4v) is 2.92. The monoisotopic (exact) mass is 275 g/mol. The van der Waals surface area contributed by atoms with Crippen molar-refractivity contribution in [2.24, 2.45) is 0 Å². The average Bonchev–Trinajstić information content (AvgIpc) is 2.48. The summed E-state index contributed by atoms with van der Waals surface area (Å²) in [6, 6.07) is 2.11. The topological polar surface area (TPSA) is 12.0 Å². The van der Waals surface area contributed by atoms with Crippen molar-refractivity contribution < 1.29 is 0 Å². The minimum atomic E-state index is 0.248. The lowest BCUT2D eigenvalue weighted by molar-refractivity contribution is 0.358. The van der Waals surface area contributed by atoms with Crippen LogP contribution in [0.15, 0.2) is 15.9 Å². The molecule has 0 aliphatic heterocycles. The van der Waals surface area contributed by atoms with Gasteiger partial charge >= 0.3 is 0 Å². The van der Waals surface area contributed by atoms with Gasteiger partial charge in [-0.1, -0.05) is 13.3 Å². The first-order valence-corrected chi connectivity index (χ1v) is 6.69. The Bertz CT molecular complexity index is 281. The van der Waals surface area contributed by atoms with Gasteiger partial charge in [-0.2, -0.15) is 0 Å². The largest absolute Gasteiger partial charge is 0.307 e. The Morgan fingerprint density at radius 1 is 1.50 bits per heavy atom. The molecule has 1 rings (SSSR count). The van der Waals surface area contributed by atoms with E-state index in [0.717, 1.165) is 6.54 Å². The third kappa shape index (κ3) is 3.71. The van der Waals surface area contributed by atoms with Gasteiger partial charge in [-0.05, 0) is 47.6 Å². The second kappa shape index (κ2) is 5.29. The van der Waals surface area contributed by atoms with E-state index in [2.05, 4.69) is 53.5 Å². The normalized spacial score (nSPS) is 12.0. The first-order chi connectivity index (χ1) is 6.55. The molecule has 3 heteroatoms. The van der Waals surface area contributed by atoms with E-state index in [1.165, 1.54) is 22.2 Å². The van der Waals surface area contributed by atoms with Crippen LogP contribution in [0.5, 0.6) is 0 Å². The summed E-state index contributed by atoms with van der Waals surface area (Å²) >= 11 is 5.34. The summed E-state index contributed by atoms with van der Waals surface area (Å²) in [4.78, 5) is 1.38. The van der Waals surface area contributed by atoms with Gasteiger partial charge in [-0.3, -0.25) is 0 Å². The number of halogens is 1. The van der Waals surface area contributed by atoms with Gasteiger partial charge in [-0.25, -0.2) is 0 Å². The lowest BCUT2D eigenvalue weighted by atomic mass is 9.99. The number of hydrogen-bond donors (Lipinski definition) is 1. The van der Waals surface area contributed by atoms with Gasteiger partial charge in [0, 0.05) is 21.4 Å². The third-order valence-electron chi connectivity index (χ3n) is 2.29. The second-order valence-corrected chi connectivity index (χ2v) is 6.03.